The third-order valence-corrected chi connectivity index (χ3v) is 4.82. The summed E-state index contributed by atoms with van der Waals surface area (Å²) in [6, 6.07) is 4.27. The van der Waals surface area contributed by atoms with E-state index in [1.807, 2.05) is 45.9 Å². The lowest BCUT2D eigenvalue weighted by molar-refractivity contribution is -0.143. The Morgan fingerprint density at radius 1 is 1.00 bits per heavy atom. The van der Waals surface area contributed by atoms with E-state index >= 15 is 0 Å². The van der Waals surface area contributed by atoms with E-state index in [2.05, 4.69) is 10.6 Å². The zero-order chi connectivity index (χ0) is 23.5. The molecule has 2 atom stereocenters. The lowest BCUT2D eigenvalue weighted by atomic mass is 9.98. The Labute approximate surface area is 185 Å². The van der Waals surface area contributed by atoms with E-state index in [0.717, 1.165) is 29.5 Å². The third kappa shape index (κ3) is 7.26. The summed E-state index contributed by atoms with van der Waals surface area (Å²) in [7, 11) is 0. The monoisotopic (exact) mass is 431 g/mol. The fourth-order valence-corrected chi connectivity index (χ4v) is 3.61. The molecule has 2 rings (SSSR count). The Bertz CT molecular complexity index is 804. The minimum absolute atomic E-state index is 0.0286. The SMILES string of the molecule is Cc1cc(C)cc(C(C(=O)NC(C)C)N(C(=O)C(C)NC(=O)OC(C)(C)C)C2CC2)c1. The van der Waals surface area contributed by atoms with Crippen LogP contribution >= 0.6 is 0 Å². The molecule has 0 spiro atoms. The maximum absolute atomic E-state index is 13.5. The van der Waals surface area contributed by atoms with Crippen LogP contribution in [0.1, 0.15) is 77.1 Å². The van der Waals surface area contributed by atoms with Gasteiger partial charge in [0.2, 0.25) is 11.8 Å². The van der Waals surface area contributed by atoms with Crippen molar-refractivity contribution in [3.8, 4) is 0 Å². The minimum Gasteiger partial charge on any atom is -0.444 e. The van der Waals surface area contributed by atoms with Crippen molar-refractivity contribution >= 4 is 17.9 Å². The molecule has 0 aromatic heterocycles. The lowest BCUT2D eigenvalue weighted by Gasteiger charge is -2.34. The Kier molecular flexibility index (Phi) is 7.73. The van der Waals surface area contributed by atoms with Crippen molar-refractivity contribution in [2.45, 2.75) is 98.0 Å². The average molecular weight is 432 g/mol. The molecule has 0 radical (unpaired) electrons. The van der Waals surface area contributed by atoms with E-state index in [4.69, 9.17) is 4.74 Å². The van der Waals surface area contributed by atoms with Crippen molar-refractivity contribution in [1.29, 1.82) is 0 Å². The number of nitrogens with one attached hydrogen (secondary N) is 2. The maximum Gasteiger partial charge on any atom is 0.408 e. The molecule has 0 aliphatic heterocycles. The van der Waals surface area contributed by atoms with Crippen LogP contribution in [-0.4, -0.2) is 46.5 Å². The molecule has 0 saturated heterocycles. The van der Waals surface area contributed by atoms with Crippen molar-refractivity contribution in [3.05, 3.63) is 34.9 Å². The molecule has 1 aromatic carbocycles. The summed E-state index contributed by atoms with van der Waals surface area (Å²) in [4.78, 5) is 40.6. The molecule has 1 aliphatic rings. The zero-order valence-electron chi connectivity index (χ0n) is 20.0. The van der Waals surface area contributed by atoms with E-state index in [-0.39, 0.29) is 23.9 Å². The summed E-state index contributed by atoms with van der Waals surface area (Å²) in [6.45, 7) is 14.7. The van der Waals surface area contributed by atoms with Crippen LogP contribution in [0.5, 0.6) is 0 Å². The Morgan fingerprint density at radius 3 is 2.00 bits per heavy atom. The van der Waals surface area contributed by atoms with Crippen LogP contribution in [0.3, 0.4) is 0 Å². The fourth-order valence-electron chi connectivity index (χ4n) is 3.61. The molecule has 3 amide bonds. The quantitative estimate of drug-likeness (QED) is 0.688. The van der Waals surface area contributed by atoms with Crippen molar-refractivity contribution in [2.24, 2.45) is 0 Å². The highest BCUT2D eigenvalue weighted by atomic mass is 16.6. The number of hydrogen-bond acceptors (Lipinski definition) is 4. The number of aryl methyl sites for hydroxylation is 2. The van der Waals surface area contributed by atoms with Gasteiger partial charge in [-0.25, -0.2) is 4.79 Å². The Balaban J connectivity index is 2.36. The number of nitrogens with zero attached hydrogens (tertiary/aromatic N) is 1. The normalized spacial score (nSPS) is 15.8. The van der Waals surface area contributed by atoms with Gasteiger partial charge in [-0.2, -0.15) is 0 Å². The van der Waals surface area contributed by atoms with Crippen LogP contribution in [0, 0.1) is 13.8 Å². The second-order valence-corrected chi connectivity index (χ2v) is 9.83. The van der Waals surface area contributed by atoms with E-state index in [1.165, 1.54) is 0 Å². The van der Waals surface area contributed by atoms with Crippen LogP contribution < -0.4 is 10.6 Å². The molecule has 7 heteroatoms. The largest absolute Gasteiger partial charge is 0.444 e. The van der Waals surface area contributed by atoms with Crippen molar-refractivity contribution in [2.75, 3.05) is 0 Å². The molecular formula is C24H37N3O4. The predicted molar refractivity (Wildman–Crippen MR) is 121 cm³/mol. The number of carbonyl (C=O) groups excluding carboxylic acids is 3. The van der Waals surface area contributed by atoms with Gasteiger partial charge in [0.15, 0.2) is 0 Å². The van der Waals surface area contributed by atoms with E-state index in [1.54, 1.807) is 32.6 Å². The number of hydrogen-bond donors (Lipinski definition) is 2. The molecule has 172 valence electrons. The summed E-state index contributed by atoms with van der Waals surface area (Å²) in [5.74, 6) is -0.513. The first-order valence-electron chi connectivity index (χ1n) is 11.0. The molecular weight excluding hydrogens is 394 g/mol. The number of carbonyl (C=O) groups is 3. The highest BCUT2D eigenvalue weighted by molar-refractivity contribution is 5.92. The highest BCUT2D eigenvalue weighted by Gasteiger charge is 2.43. The molecule has 7 nitrogen and oxygen atoms in total. The summed E-state index contributed by atoms with van der Waals surface area (Å²) < 4.78 is 5.29. The van der Waals surface area contributed by atoms with Crippen LogP contribution in [0.25, 0.3) is 0 Å². The Morgan fingerprint density at radius 2 is 1.55 bits per heavy atom. The number of rotatable bonds is 7. The Hall–Kier alpha value is -2.57. The summed E-state index contributed by atoms with van der Waals surface area (Å²) in [5, 5.41) is 5.59. The van der Waals surface area contributed by atoms with Gasteiger partial charge in [-0.05, 0) is 73.8 Å². The van der Waals surface area contributed by atoms with Gasteiger partial charge in [0.1, 0.15) is 17.7 Å². The van der Waals surface area contributed by atoms with E-state index in [9.17, 15) is 14.4 Å². The van der Waals surface area contributed by atoms with Crippen molar-refractivity contribution in [1.82, 2.24) is 15.5 Å². The van der Waals surface area contributed by atoms with Gasteiger partial charge in [-0.3, -0.25) is 9.59 Å². The van der Waals surface area contributed by atoms with E-state index in [0.29, 0.717) is 0 Å². The number of amides is 3. The molecule has 2 N–H and O–H groups in total. The standard InChI is InChI=1S/C24H37N3O4/c1-14(2)25-21(28)20(18-12-15(3)11-16(4)13-18)27(19-9-10-19)22(29)17(5)26-23(30)31-24(6,7)8/h11-14,17,19-20H,9-10H2,1-8H3,(H,25,28)(H,26,30). The average Bonchev–Trinajstić information content (AvgIpc) is 3.39. The van der Waals surface area contributed by atoms with Crippen molar-refractivity contribution in [3.63, 3.8) is 0 Å². The molecule has 1 fully saturated rings. The second-order valence-electron chi connectivity index (χ2n) is 9.83. The van der Waals surface area contributed by atoms with Gasteiger partial charge in [0.05, 0.1) is 0 Å². The highest BCUT2D eigenvalue weighted by Crippen LogP contribution is 2.36. The predicted octanol–water partition coefficient (Wildman–Crippen LogP) is 3.77. The maximum atomic E-state index is 13.5. The fraction of sp³-hybridized carbons (Fsp3) is 0.625. The van der Waals surface area contributed by atoms with Gasteiger partial charge >= 0.3 is 6.09 Å². The zero-order valence-corrected chi connectivity index (χ0v) is 20.0. The lowest BCUT2D eigenvalue weighted by Crippen LogP contribution is -2.53. The molecule has 1 saturated carbocycles. The first kappa shape index (κ1) is 24.7. The van der Waals surface area contributed by atoms with Gasteiger partial charge in [-0.1, -0.05) is 29.3 Å². The molecule has 1 aromatic rings. The summed E-state index contributed by atoms with van der Waals surface area (Å²) >= 11 is 0. The molecule has 1 aliphatic carbocycles. The summed E-state index contributed by atoms with van der Waals surface area (Å²) in [6.07, 6.45) is 1.01. The molecule has 2 unspecified atom stereocenters. The van der Waals surface area contributed by atoms with Crippen LogP contribution in [-0.2, 0) is 14.3 Å². The first-order chi connectivity index (χ1) is 14.3. The van der Waals surface area contributed by atoms with E-state index < -0.39 is 23.8 Å². The number of ether oxygens (including phenoxy) is 1. The third-order valence-electron chi connectivity index (χ3n) is 4.82. The van der Waals surface area contributed by atoms with Crippen LogP contribution in [0.2, 0.25) is 0 Å². The summed E-state index contributed by atoms with van der Waals surface area (Å²) in [5.41, 5.74) is 2.17. The minimum atomic E-state index is -0.823. The van der Waals surface area contributed by atoms with Crippen LogP contribution in [0.15, 0.2) is 18.2 Å². The van der Waals surface area contributed by atoms with Gasteiger partial charge in [0.25, 0.3) is 0 Å². The van der Waals surface area contributed by atoms with Gasteiger partial charge in [-0.15, -0.1) is 0 Å². The van der Waals surface area contributed by atoms with Gasteiger partial charge < -0.3 is 20.3 Å². The molecule has 31 heavy (non-hydrogen) atoms. The first-order valence-corrected chi connectivity index (χ1v) is 11.0. The van der Waals surface area contributed by atoms with Gasteiger partial charge in [0, 0.05) is 12.1 Å². The smallest absolute Gasteiger partial charge is 0.408 e. The van der Waals surface area contributed by atoms with Crippen molar-refractivity contribution < 1.29 is 19.1 Å². The van der Waals surface area contributed by atoms with Crippen LogP contribution in [0.4, 0.5) is 4.79 Å². The topological polar surface area (TPSA) is 87.7 Å². The number of benzene rings is 1. The second kappa shape index (κ2) is 9.71. The molecule has 0 bridgehead atoms. The molecule has 0 heterocycles. The number of alkyl carbamates (subject to hydrolysis) is 1.